The van der Waals surface area contributed by atoms with Crippen LogP contribution < -0.4 is 5.32 Å². The minimum atomic E-state index is -4.49. The molecule has 0 spiro atoms. The van der Waals surface area contributed by atoms with Gasteiger partial charge < -0.3 is 10.1 Å². The van der Waals surface area contributed by atoms with Crippen molar-refractivity contribution in [3.63, 3.8) is 0 Å². The van der Waals surface area contributed by atoms with E-state index < -0.39 is 17.8 Å². The maximum Gasteiger partial charge on any atom is 0.416 e. The molecule has 0 saturated heterocycles. The van der Waals surface area contributed by atoms with E-state index in [2.05, 4.69) is 5.32 Å². The minimum absolute atomic E-state index is 0.0496. The highest BCUT2D eigenvalue weighted by molar-refractivity contribution is 7.10. The molecule has 3 nitrogen and oxygen atoms in total. The Morgan fingerprint density at radius 1 is 1.23 bits per heavy atom. The van der Waals surface area contributed by atoms with Crippen molar-refractivity contribution in [3.8, 4) is 0 Å². The second-order valence-electron chi connectivity index (χ2n) is 6.29. The van der Waals surface area contributed by atoms with Gasteiger partial charge in [-0.15, -0.1) is 11.3 Å². The zero-order valence-corrected chi connectivity index (χ0v) is 15.3. The van der Waals surface area contributed by atoms with E-state index in [0.29, 0.717) is 5.56 Å². The van der Waals surface area contributed by atoms with Gasteiger partial charge in [0.15, 0.2) is 12.0 Å². The van der Waals surface area contributed by atoms with Crippen LogP contribution in [0.3, 0.4) is 0 Å². The highest BCUT2D eigenvalue weighted by Gasteiger charge is 2.40. The number of ketones is 1. The minimum Gasteiger partial charge on any atom is -0.461 e. The molecule has 2 heterocycles. The average Bonchev–Trinajstić information content (AvgIpc) is 3.20. The fraction of sp³-hybridized carbons (Fsp3) is 0.316. The van der Waals surface area contributed by atoms with Gasteiger partial charge in [0.05, 0.1) is 16.0 Å². The first-order valence-corrected chi connectivity index (χ1v) is 8.99. The molecule has 0 fully saturated rings. The highest BCUT2D eigenvalue weighted by atomic mass is 32.1. The van der Waals surface area contributed by atoms with Crippen LogP contribution in [-0.4, -0.2) is 12.8 Å². The van der Waals surface area contributed by atoms with Gasteiger partial charge in [-0.3, -0.25) is 4.79 Å². The van der Waals surface area contributed by atoms with Crippen molar-refractivity contribution >= 4 is 22.7 Å². The summed E-state index contributed by atoms with van der Waals surface area (Å²) in [6, 6.07) is 7.11. The summed E-state index contributed by atoms with van der Waals surface area (Å²) in [4.78, 5) is 13.7. The summed E-state index contributed by atoms with van der Waals surface area (Å²) < 4.78 is 45.4. The molecule has 1 unspecified atom stereocenters. The topological polar surface area (TPSA) is 38.3 Å². The van der Waals surface area contributed by atoms with Crippen molar-refractivity contribution in [1.29, 1.82) is 0 Å². The summed E-state index contributed by atoms with van der Waals surface area (Å²) in [5, 5.41) is 4.65. The van der Waals surface area contributed by atoms with Crippen LogP contribution >= 0.6 is 11.3 Å². The van der Waals surface area contributed by atoms with Crippen molar-refractivity contribution in [2.75, 3.05) is 7.05 Å². The van der Waals surface area contributed by atoms with Crippen molar-refractivity contribution in [3.05, 3.63) is 63.2 Å². The summed E-state index contributed by atoms with van der Waals surface area (Å²) in [5.41, 5.74) is 0.320. The number of halogens is 3. The Balaban J connectivity index is 2.15. The smallest absolute Gasteiger partial charge is 0.416 e. The highest BCUT2D eigenvalue weighted by Crippen LogP contribution is 2.42. The van der Waals surface area contributed by atoms with Gasteiger partial charge >= 0.3 is 6.18 Å². The van der Waals surface area contributed by atoms with Crippen molar-refractivity contribution in [2.24, 2.45) is 0 Å². The van der Waals surface area contributed by atoms with Crippen LogP contribution in [0.1, 0.15) is 47.4 Å². The van der Waals surface area contributed by atoms with Crippen LogP contribution in [0.25, 0.3) is 5.57 Å². The number of carbonyl (C=O) groups excluding carboxylic acids is 1. The maximum absolute atomic E-state index is 13.2. The van der Waals surface area contributed by atoms with Crippen LogP contribution in [0.4, 0.5) is 13.2 Å². The van der Waals surface area contributed by atoms with Gasteiger partial charge in [0, 0.05) is 7.05 Å². The summed E-state index contributed by atoms with van der Waals surface area (Å²) >= 11 is 1.37. The lowest BCUT2D eigenvalue weighted by Crippen LogP contribution is -2.12. The number of alkyl halides is 3. The SMILES string of the molecule is CNC1=C(c2cc(C(F)(F)F)ccc2C(C)C)C(=O)C(c2cccs2)O1. The van der Waals surface area contributed by atoms with Gasteiger partial charge in [-0.2, -0.15) is 13.2 Å². The molecule has 0 aliphatic carbocycles. The van der Waals surface area contributed by atoms with E-state index in [1.54, 1.807) is 19.2 Å². The average molecular weight is 381 g/mol. The van der Waals surface area contributed by atoms with E-state index in [1.807, 2.05) is 19.2 Å². The summed E-state index contributed by atoms with van der Waals surface area (Å²) in [5.74, 6) is -0.181. The predicted octanol–water partition coefficient (Wildman–Crippen LogP) is 5.12. The Labute approximate surface area is 153 Å². The first-order chi connectivity index (χ1) is 12.2. The Hall–Kier alpha value is -2.28. The molecule has 0 amide bonds. The number of thiophene rings is 1. The second kappa shape index (κ2) is 6.79. The quantitative estimate of drug-likeness (QED) is 0.799. The lowest BCUT2D eigenvalue weighted by Gasteiger charge is -2.16. The number of rotatable bonds is 4. The fourth-order valence-electron chi connectivity index (χ4n) is 2.99. The van der Waals surface area contributed by atoms with Crippen molar-refractivity contribution in [2.45, 2.75) is 32.0 Å². The van der Waals surface area contributed by atoms with Crippen LogP contribution in [0.5, 0.6) is 0 Å². The summed E-state index contributed by atoms with van der Waals surface area (Å²) in [6.45, 7) is 3.76. The first kappa shape index (κ1) is 18.5. The number of ether oxygens (including phenoxy) is 1. The Morgan fingerprint density at radius 2 is 1.96 bits per heavy atom. The summed E-state index contributed by atoms with van der Waals surface area (Å²) in [6.07, 6.45) is -5.32. The third-order valence-corrected chi connectivity index (χ3v) is 5.16. The molecular weight excluding hydrogens is 363 g/mol. The summed E-state index contributed by atoms with van der Waals surface area (Å²) in [7, 11) is 1.59. The Morgan fingerprint density at radius 3 is 2.50 bits per heavy atom. The molecule has 1 N–H and O–H groups in total. The van der Waals surface area contributed by atoms with Gasteiger partial charge in [0.1, 0.15) is 0 Å². The molecule has 1 aliphatic rings. The normalized spacial score (nSPS) is 17.8. The van der Waals surface area contributed by atoms with E-state index >= 15 is 0 Å². The molecule has 0 saturated carbocycles. The molecule has 1 atom stereocenters. The third kappa shape index (κ3) is 3.23. The van der Waals surface area contributed by atoms with E-state index in [1.165, 1.54) is 17.4 Å². The second-order valence-corrected chi connectivity index (χ2v) is 7.27. The molecule has 3 rings (SSSR count). The Bertz CT molecular complexity index is 854. The Kier molecular flexibility index (Phi) is 4.84. The largest absolute Gasteiger partial charge is 0.461 e. The van der Waals surface area contributed by atoms with Gasteiger partial charge in [-0.1, -0.05) is 26.0 Å². The molecule has 1 aromatic carbocycles. The molecular formula is C19H18F3NO2S. The van der Waals surface area contributed by atoms with Crippen LogP contribution in [0.15, 0.2) is 41.6 Å². The molecule has 1 aliphatic heterocycles. The molecule has 2 aromatic rings. The lowest BCUT2D eigenvalue weighted by molar-refractivity contribution is -0.137. The van der Waals surface area contributed by atoms with E-state index in [4.69, 9.17) is 4.74 Å². The first-order valence-electron chi connectivity index (χ1n) is 8.11. The van der Waals surface area contributed by atoms with Crippen molar-refractivity contribution < 1.29 is 22.7 Å². The predicted molar refractivity (Wildman–Crippen MR) is 94.7 cm³/mol. The number of Topliss-reactive ketones (excluding diaryl/α,β-unsaturated/α-hetero) is 1. The standard InChI is InChI=1S/C19H18F3NO2S/c1-10(2)12-7-6-11(19(20,21)22)9-13(12)15-16(24)17(25-18(15)23-3)14-5-4-8-26-14/h4-10,17,23H,1-3H3. The zero-order valence-electron chi connectivity index (χ0n) is 14.5. The maximum atomic E-state index is 13.2. The van der Waals surface area contributed by atoms with Gasteiger partial charge in [-0.25, -0.2) is 0 Å². The molecule has 1 aromatic heterocycles. The molecule has 0 radical (unpaired) electrons. The van der Waals surface area contributed by atoms with Crippen LogP contribution in [0.2, 0.25) is 0 Å². The van der Waals surface area contributed by atoms with Gasteiger partial charge in [0.2, 0.25) is 5.78 Å². The molecule has 7 heteroatoms. The lowest BCUT2D eigenvalue weighted by atomic mass is 9.88. The van der Waals surface area contributed by atoms with Gasteiger partial charge in [0.25, 0.3) is 0 Å². The van der Waals surface area contributed by atoms with E-state index in [0.717, 1.165) is 17.0 Å². The molecule has 138 valence electrons. The number of carbonyl (C=O) groups is 1. The van der Waals surface area contributed by atoms with Gasteiger partial charge in [-0.05, 0) is 40.6 Å². The number of nitrogens with one attached hydrogen (secondary N) is 1. The number of hydrogen-bond donors (Lipinski definition) is 1. The molecule has 26 heavy (non-hydrogen) atoms. The van der Waals surface area contributed by atoms with E-state index in [-0.39, 0.29) is 28.7 Å². The fourth-order valence-corrected chi connectivity index (χ4v) is 3.74. The van der Waals surface area contributed by atoms with Crippen LogP contribution in [0, 0.1) is 0 Å². The monoisotopic (exact) mass is 381 g/mol. The molecule has 0 bridgehead atoms. The van der Waals surface area contributed by atoms with Crippen LogP contribution in [-0.2, 0) is 15.7 Å². The zero-order chi connectivity index (χ0) is 19.1. The van der Waals surface area contributed by atoms with E-state index in [9.17, 15) is 18.0 Å². The number of benzene rings is 1. The third-order valence-electron chi connectivity index (χ3n) is 4.25. The number of hydrogen-bond acceptors (Lipinski definition) is 4. The van der Waals surface area contributed by atoms with Crippen molar-refractivity contribution in [1.82, 2.24) is 5.32 Å².